The van der Waals surface area contributed by atoms with E-state index in [1.807, 2.05) is 48.5 Å². The molecule has 3 aromatic rings. The molecule has 0 saturated carbocycles. The topological polar surface area (TPSA) is 88.5 Å². The van der Waals surface area contributed by atoms with Crippen LogP contribution in [-0.2, 0) is 9.59 Å². The second-order valence-corrected chi connectivity index (χ2v) is 9.14. The zero-order valence-corrected chi connectivity index (χ0v) is 20.1. The van der Waals surface area contributed by atoms with Gasteiger partial charge in [0.05, 0.1) is 31.7 Å². The van der Waals surface area contributed by atoms with Gasteiger partial charge >= 0.3 is 0 Å². The average Bonchev–Trinajstić information content (AvgIpc) is 3.47. The third-order valence-corrected chi connectivity index (χ3v) is 7.03. The molecule has 1 atom stereocenters. The monoisotopic (exact) mass is 489 g/mol. The number of methoxy groups -OCH3 is 2. The van der Waals surface area contributed by atoms with E-state index in [1.54, 1.807) is 20.3 Å². The zero-order chi connectivity index (χ0) is 24.5. The number of carbonyl (C=O) groups excluding carboxylic acids is 3. The van der Waals surface area contributed by atoms with Gasteiger partial charge in [0.25, 0.3) is 11.1 Å². The normalized spacial score (nSPS) is 17.8. The molecule has 0 aliphatic carbocycles. The third kappa shape index (κ3) is 4.35. The Bertz CT molecular complexity index is 1360. The van der Waals surface area contributed by atoms with Gasteiger partial charge in [-0.1, -0.05) is 54.2 Å². The number of thioether (sulfide) groups is 1. The Morgan fingerprint density at radius 3 is 2.49 bits per heavy atom. The van der Waals surface area contributed by atoms with Crippen molar-refractivity contribution >= 4 is 45.3 Å². The van der Waals surface area contributed by atoms with Crippen molar-refractivity contribution in [1.29, 1.82) is 0 Å². The Balaban J connectivity index is 1.51. The fraction of sp³-hybridized carbons (Fsp3) is 0.231. The SMILES string of the molecule is COc1ccc(C2CC(c3ccc4ccccc4c3)=NN2C(=O)CN2C(=O)CSC2=O)cc1OC. The van der Waals surface area contributed by atoms with Crippen LogP contribution in [0.4, 0.5) is 4.79 Å². The molecule has 0 spiro atoms. The van der Waals surface area contributed by atoms with E-state index >= 15 is 0 Å². The lowest BCUT2D eigenvalue weighted by Crippen LogP contribution is -2.40. The summed E-state index contributed by atoms with van der Waals surface area (Å²) in [5.74, 6) is 0.376. The molecule has 1 fully saturated rings. The molecule has 35 heavy (non-hydrogen) atoms. The summed E-state index contributed by atoms with van der Waals surface area (Å²) in [6, 6.07) is 19.2. The highest BCUT2D eigenvalue weighted by Crippen LogP contribution is 2.38. The van der Waals surface area contributed by atoms with E-state index in [-0.39, 0.29) is 18.2 Å². The molecule has 2 aliphatic rings. The number of rotatable bonds is 6. The fourth-order valence-corrected chi connectivity index (χ4v) is 5.07. The molecule has 1 saturated heterocycles. The van der Waals surface area contributed by atoms with Crippen LogP contribution in [0.25, 0.3) is 10.8 Å². The molecule has 178 valence electrons. The number of nitrogens with zero attached hydrogens (tertiary/aromatic N) is 3. The molecule has 3 amide bonds. The Kier molecular flexibility index (Phi) is 6.17. The van der Waals surface area contributed by atoms with Crippen molar-refractivity contribution in [2.45, 2.75) is 12.5 Å². The van der Waals surface area contributed by atoms with Crippen molar-refractivity contribution in [2.75, 3.05) is 26.5 Å². The average molecular weight is 490 g/mol. The number of benzene rings is 3. The molecule has 9 heteroatoms. The Morgan fingerprint density at radius 2 is 1.77 bits per heavy atom. The van der Waals surface area contributed by atoms with Gasteiger partial charge in [-0.05, 0) is 40.1 Å². The van der Waals surface area contributed by atoms with Crippen LogP contribution >= 0.6 is 11.8 Å². The molecule has 0 bridgehead atoms. The predicted octanol–water partition coefficient (Wildman–Crippen LogP) is 4.23. The highest BCUT2D eigenvalue weighted by atomic mass is 32.2. The number of amides is 3. The van der Waals surface area contributed by atoms with Gasteiger partial charge in [-0.3, -0.25) is 19.3 Å². The van der Waals surface area contributed by atoms with E-state index in [0.717, 1.165) is 44.3 Å². The van der Waals surface area contributed by atoms with Gasteiger partial charge in [-0.25, -0.2) is 5.01 Å². The maximum Gasteiger partial charge on any atom is 0.289 e. The molecular weight excluding hydrogens is 466 g/mol. The minimum Gasteiger partial charge on any atom is -0.493 e. The molecule has 0 aromatic heterocycles. The van der Waals surface area contributed by atoms with Crippen molar-refractivity contribution in [3.8, 4) is 11.5 Å². The summed E-state index contributed by atoms with van der Waals surface area (Å²) >= 11 is 0.903. The Hall–Kier alpha value is -3.85. The standard InChI is InChI=1S/C26H23N3O5S/c1-33-22-10-9-19(12-23(22)34-2)21-13-20(18-8-7-16-5-3-4-6-17(16)11-18)27-29(21)24(30)14-28-25(31)15-35-26(28)32/h3-12,21H,13-15H2,1-2H3. The minimum absolute atomic E-state index is 0.0524. The number of hydrogen-bond donors (Lipinski definition) is 0. The van der Waals surface area contributed by atoms with Crippen LogP contribution < -0.4 is 9.47 Å². The first-order valence-electron chi connectivity index (χ1n) is 11.1. The summed E-state index contributed by atoms with van der Waals surface area (Å²) in [5, 5.41) is 7.84. The van der Waals surface area contributed by atoms with E-state index in [1.165, 1.54) is 5.01 Å². The quantitative estimate of drug-likeness (QED) is 0.515. The van der Waals surface area contributed by atoms with Gasteiger partial charge in [0.2, 0.25) is 5.91 Å². The molecule has 2 aliphatic heterocycles. The third-order valence-electron chi connectivity index (χ3n) is 6.17. The summed E-state index contributed by atoms with van der Waals surface area (Å²) < 4.78 is 10.8. The maximum absolute atomic E-state index is 13.4. The lowest BCUT2D eigenvalue weighted by Gasteiger charge is -2.24. The van der Waals surface area contributed by atoms with Crippen molar-refractivity contribution in [3.05, 3.63) is 71.8 Å². The number of hydrogen-bond acceptors (Lipinski definition) is 7. The summed E-state index contributed by atoms with van der Waals surface area (Å²) in [6.45, 7) is -0.344. The van der Waals surface area contributed by atoms with E-state index < -0.39 is 17.2 Å². The summed E-state index contributed by atoms with van der Waals surface area (Å²) in [5.41, 5.74) is 2.47. The van der Waals surface area contributed by atoms with E-state index in [9.17, 15) is 14.4 Å². The van der Waals surface area contributed by atoms with Crippen LogP contribution in [0.3, 0.4) is 0 Å². The highest BCUT2D eigenvalue weighted by Gasteiger charge is 2.38. The van der Waals surface area contributed by atoms with E-state index in [0.29, 0.717) is 17.9 Å². The molecule has 1 unspecified atom stereocenters. The van der Waals surface area contributed by atoms with Gasteiger partial charge in [-0.2, -0.15) is 5.10 Å². The van der Waals surface area contributed by atoms with E-state index in [2.05, 4.69) is 11.2 Å². The van der Waals surface area contributed by atoms with Gasteiger partial charge in [0.1, 0.15) is 6.54 Å². The van der Waals surface area contributed by atoms with Crippen LogP contribution in [-0.4, -0.2) is 59.2 Å². The lowest BCUT2D eigenvalue weighted by molar-refractivity contribution is -0.137. The first-order chi connectivity index (χ1) is 17.0. The molecule has 0 radical (unpaired) electrons. The van der Waals surface area contributed by atoms with Gasteiger partial charge in [-0.15, -0.1) is 0 Å². The van der Waals surface area contributed by atoms with Gasteiger partial charge < -0.3 is 9.47 Å². The molecule has 3 aromatic carbocycles. The van der Waals surface area contributed by atoms with Crippen LogP contribution in [0.2, 0.25) is 0 Å². The Morgan fingerprint density at radius 1 is 1.00 bits per heavy atom. The van der Waals surface area contributed by atoms with Crippen molar-refractivity contribution in [3.63, 3.8) is 0 Å². The van der Waals surface area contributed by atoms with Crippen molar-refractivity contribution in [1.82, 2.24) is 9.91 Å². The van der Waals surface area contributed by atoms with Crippen LogP contribution in [0.1, 0.15) is 23.6 Å². The van der Waals surface area contributed by atoms with Crippen LogP contribution in [0.5, 0.6) is 11.5 Å². The van der Waals surface area contributed by atoms with Gasteiger partial charge in [0.15, 0.2) is 11.5 Å². The molecule has 5 rings (SSSR count). The maximum atomic E-state index is 13.4. The summed E-state index contributed by atoms with van der Waals surface area (Å²) in [6.07, 6.45) is 0.468. The molecular formula is C26H23N3O5S. The number of ether oxygens (including phenoxy) is 2. The Labute approximate surface area is 206 Å². The lowest BCUT2D eigenvalue weighted by atomic mass is 9.96. The fourth-order valence-electron chi connectivity index (χ4n) is 4.34. The van der Waals surface area contributed by atoms with Crippen LogP contribution in [0.15, 0.2) is 65.8 Å². The second-order valence-electron chi connectivity index (χ2n) is 8.22. The minimum atomic E-state index is -0.427. The zero-order valence-electron chi connectivity index (χ0n) is 19.3. The smallest absolute Gasteiger partial charge is 0.289 e. The number of hydrazone groups is 1. The molecule has 2 heterocycles. The van der Waals surface area contributed by atoms with Crippen molar-refractivity contribution < 1.29 is 23.9 Å². The first kappa shape index (κ1) is 22.9. The first-order valence-corrected chi connectivity index (χ1v) is 12.0. The predicted molar refractivity (Wildman–Crippen MR) is 134 cm³/mol. The second kappa shape index (κ2) is 9.42. The number of imide groups is 1. The summed E-state index contributed by atoms with van der Waals surface area (Å²) in [7, 11) is 3.12. The van der Waals surface area contributed by atoms with Gasteiger partial charge in [0, 0.05) is 6.42 Å². The highest BCUT2D eigenvalue weighted by molar-refractivity contribution is 8.14. The van der Waals surface area contributed by atoms with Crippen molar-refractivity contribution in [2.24, 2.45) is 5.10 Å². The largest absolute Gasteiger partial charge is 0.493 e. The molecule has 0 N–H and O–H groups in total. The number of carbonyl (C=O) groups is 3. The van der Waals surface area contributed by atoms with E-state index in [4.69, 9.17) is 9.47 Å². The molecule has 8 nitrogen and oxygen atoms in total. The van der Waals surface area contributed by atoms with Crippen LogP contribution in [0, 0.1) is 0 Å². The summed E-state index contributed by atoms with van der Waals surface area (Å²) in [4.78, 5) is 38.5. The number of fused-ring (bicyclic) bond motifs is 1.